The summed E-state index contributed by atoms with van der Waals surface area (Å²) in [6.07, 6.45) is 1.62. The number of carboxylic acid groups (broad SMARTS) is 1. The fourth-order valence-corrected chi connectivity index (χ4v) is 0.727. The second kappa shape index (κ2) is 2.43. The number of nitrogens with one attached hydrogen (secondary N) is 1. The molecular formula is C6H10N2O3. The Labute approximate surface area is 63.8 Å². The summed E-state index contributed by atoms with van der Waals surface area (Å²) < 4.78 is 4.89. The highest BCUT2D eigenvalue weighted by atomic mass is 16.5. The zero-order chi connectivity index (χ0) is 8.48. The average molecular weight is 158 g/mol. The first-order chi connectivity index (χ1) is 5.07. The van der Waals surface area contributed by atoms with Gasteiger partial charge in [-0.15, -0.1) is 0 Å². The summed E-state index contributed by atoms with van der Waals surface area (Å²) in [6, 6.07) is 0. The molecule has 0 amide bonds. The van der Waals surface area contributed by atoms with Gasteiger partial charge < -0.3 is 15.2 Å². The van der Waals surface area contributed by atoms with Crippen molar-refractivity contribution in [3.63, 3.8) is 0 Å². The molecule has 1 aliphatic rings. The molecule has 1 atom stereocenters. The van der Waals surface area contributed by atoms with E-state index in [9.17, 15) is 4.79 Å². The van der Waals surface area contributed by atoms with Gasteiger partial charge in [0.15, 0.2) is 5.70 Å². The predicted octanol–water partition coefficient (Wildman–Crippen LogP) is -0.445. The first-order valence-electron chi connectivity index (χ1n) is 3.26. The van der Waals surface area contributed by atoms with Crippen LogP contribution in [0.5, 0.6) is 0 Å². The highest BCUT2D eigenvalue weighted by Gasteiger charge is 2.32. The van der Waals surface area contributed by atoms with Crippen molar-refractivity contribution < 1.29 is 14.6 Å². The summed E-state index contributed by atoms with van der Waals surface area (Å²) in [4.78, 5) is 10.3. The summed E-state index contributed by atoms with van der Waals surface area (Å²) in [5.41, 5.74) is 5.53. The second-order valence-electron chi connectivity index (χ2n) is 2.32. The lowest BCUT2D eigenvalue weighted by molar-refractivity contribution is -0.133. The van der Waals surface area contributed by atoms with Crippen LogP contribution in [0, 0.1) is 0 Å². The van der Waals surface area contributed by atoms with E-state index >= 15 is 0 Å². The fourth-order valence-electron chi connectivity index (χ4n) is 0.727. The zero-order valence-corrected chi connectivity index (χ0v) is 6.13. The molecule has 1 rings (SSSR count). The molecule has 62 valence electrons. The summed E-state index contributed by atoms with van der Waals surface area (Å²) in [5.74, 6) is -2.10. The maximum Gasteiger partial charge on any atom is 0.355 e. The number of carboxylic acids is 1. The van der Waals surface area contributed by atoms with Crippen molar-refractivity contribution in [3.8, 4) is 0 Å². The molecule has 1 unspecified atom stereocenters. The Kier molecular flexibility index (Phi) is 1.74. The maximum atomic E-state index is 10.3. The van der Waals surface area contributed by atoms with E-state index in [4.69, 9.17) is 15.6 Å². The van der Waals surface area contributed by atoms with Gasteiger partial charge in [-0.1, -0.05) is 6.92 Å². The highest BCUT2D eigenvalue weighted by Crippen LogP contribution is 2.14. The van der Waals surface area contributed by atoms with E-state index in [1.54, 1.807) is 6.92 Å². The minimum absolute atomic E-state index is 0.00523. The summed E-state index contributed by atoms with van der Waals surface area (Å²) in [5, 5.41) is 11.0. The lowest BCUT2D eigenvalue weighted by Crippen LogP contribution is -2.50. The van der Waals surface area contributed by atoms with Crippen LogP contribution < -0.4 is 11.1 Å². The molecule has 5 heteroatoms. The monoisotopic (exact) mass is 158 g/mol. The van der Waals surface area contributed by atoms with Crippen LogP contribution in [0.2, 0.25) is 0 Å². The van der Waals surface area contributed by atoms with Crippen molar-refractivity contribution in [2.24, 2.45) is 5.73 Å². The minimum Gasteiger partial charge on any atom is -0.476 e. The standard InChI is InChI=1S/C6H10N2O3/c1-2-6(7)8-4(3-11-6)5(9)10/h3,8H,2,7H2,1H3,(H,9,10). The number of ether oxygens (including phenoxy) is 1. The van der Waals surface area contributed by atoms with Crippen molar-refractivity contribution in [3.05, 3.63) is 12.0 Å². The van der Waals surface area contributed by atoms with Crippen LogP contribution in [0.4, 0.5) is 0 Å². The average Bonchev–Trinajstić information content (AvgIpc) is 2.33. The highest BCUT2D eigenvalue weighted by molar-refractivity contribution is 5.86. The van der Waals surface area contributed by atoms with Crippen molar-refractivity contribution in [1.82, 2.24) is 5.32 Å². The third-order valence-electron chi connectivity index (χ3n) is 1.49. The van der Waals surface area contributed by atoms with Gasteiger partial charge in [0, 0.05) is 6.42 Å². The zero-order valence-electron chi connectivity index (χ0n) is 6.13. The molecular weight excluding hydrogens is 148 g/mol. The number of rotatable bonds is 2. The largest absolute Gasteiger partial charge is 0.476 e. The number of hydrogen-bond donors (Lipinski definition) is 3. The predicted molar refractivity (Wildman–Crippen MR) is 37.1 cm³/mol. The molecule has 0 aliphatic carbocycles. The summed E-state index contributed by atoms with van der Waals surface area (Å²) in [6.45, 7) is 1.80. The Bertz CT molecular complexity index is 214. The molecule has 0 aromatic carbocycles. The first kappa shape index (κ1) is 7.87. The van der Waals surface area contributed by atoms with Crippen LogP contribution >= 0.6 is 0 Å². The minimum atomic E-state index is -1.06. The third-order valence-corrected chi connectivity index (χ3v) is 1.49. The summed E-state index contributed by atoms with van der Waals surface area (Å²) >= 11 is 0. The normalized spacial score (nSPS) is 28.7. The number of aliphatic carboxylic acids is 1. The Morgan fingerprint density at radius 1 is 2.00 bits per heavy atom. The first-order valence-corrected chi connectivity index (χ1v) is 3.26. The molecule has 5 nitrogen and oxygen atoms in total. The van der Waals surface area contributed by atoms with E-state index in [0.717, 1.165) is 6.26 Å². The molecule has 0 aromatic rings. The third kappa shape index (κ3) is 1.43. The number of hydrogen-bond acceptors (Lipinski definition) is 4. The van der Waals surface area contributed by atoms with E-state index in [0.29, 0.717) is 6.42 Å². The second-order valence-corrected chi connectivity index (χ2v) is 2.32. The molecule has 0 saturated heterocycles. The van der Waals surface area contributed by atoms with E-state index in [1.165, 1.54) is 0 Å². The van der Waals surface area contributed by atoms with Crippen LogP contribution in [-0.4, -0.2) is 16.9 Å². The van der Waals surface area contributed by atoms with Crippen molar-refractivity contribution in [2.75, 3.05) is 0 Å². The number of nitrogens with two attached hydrogens (primary N) is 1. The van der Waals surface area contributed by atoms with Crippen LogP contribution in [0.1, 0.15) is 13.3 Å². The molecule has 4 N–H and O–H groups in total. The van der Waals surface area contributed by atoms with E-state index in [1.807, 2.05) is 0 Å². The molecule has 0 aromatic heterocycles. The molecule has 11 heavy (non-hydrogen) atoms. The smallest absolute Gasteiger partial charge is 0.355 e. The quantitative estimate of drug-likeness (QED) is 0.507. The number of carbonyl (C=O) groups is 1. The lowest BCUT2D eigenvalue weighted by atomic mass is 10.3. The Morgan fingerprint density at radius 3 is 2.91 bits per heavy atom. The topological polar surface area (TPSA) is 84.6 Å². The van der Waals surface area contributed by atoms with E-state index in [2.05, 4.69) is 5.32 Å². The fraction of sp³-hybridized carbons (Fsp3) is 0.500. The Morgan fingerprint density at radius 2 is 2.64 bits per heavy atom. The van der Waals surface area contributed by atoms with Gasteiger partial charge in [-0.2, -0.15) is 0 Å². The SMILES string of the molecule is CCC1(N)NC(C(=O)O)=CO1. The van der Waals surface area contributed by atoms with Gasteiger partial charge in [0.1, 0.15) is 6.26 Å². The van der Waals surface area contributed by atoms with Crippen LogP contribution in [0.3, 0.4) is 0 Å². The van der Waals surface area contributed by atoms with Gasteiger partial charge in [-0.25, -0.2) is 4.79 Å². The van der Waals surface area contributed by atoms with Gasteiger partial charge >= 0.3 is 5.97 Å². The van der Waals surface area contributed by atoms with Crippen LogP contribution in [-0.2, 0) is 9.53 Å². The van der Waals surface area contributed by atoms with E-state index in [-0.39, 0.29) is 5.70 Å². The van der Waals surface area contributed by atoms with Gasteiger partial charge in [0.2, 0.25) is 5.85 Å². The lowest BCUT2D eigenvalue weighted by Gasteiger charge is -2.22. The molecule has 1 heterocycles. The van der Waals surface area contributed by atoms with Gasteiger partial charge in [0.05, 0.1) is 0 Å². The van der Waals surface area contributed by atoms with E-state index < -0.39 is 11.8 Å². The molecule has 0 bridgehead atoms. The molecule has 0 spiro atoms. The van der Waals surface area contributed by atoms with Crippen molar-refractivity contribution >= 4 is 5.97 Å². The molecule has 1 aliphatic heterocycles. The van der Waals surface area contributed by atoms with Gasteiger partial charge in [-0.3, -0.25) is 5.73 Å². The Hall–Kier alpha value is -1.23. The van der Waals surface area contributed by atoms with Gasteiger partial charge in [0.25, 0.3) is 0 Å². The van der Waals surface area contributed by atoms with Crippen molar-refractivity contribution in [1.29, 1.82) is 0 Å². The van der Waals surface area contributed by atoms with Crippen molar-refractivity contribution in [2.45, 2.75) is 19.2 Å². The van der Waals surface area contributed by atoms with Crippen LogP contribution in [0.25, 0.3) is 0 Å². The molecule has 0 fully saturated rings. The van der Waals surface area contributed by atoms with Gasteiger partial charge in [-0.05, 0) is 0 Å². The Balaban J connectivity index is 2.62. The van der Waals surface area contributed by atoms with Crippen LogP contribution in [0.15, 0.2) is 12.0 Å². The maximum absolute atomic E-state index is 10.3. The molecule has 0 radical (unpaired) electrons. The summed E-state index contributed by atoms with van der Waals surface area (Å²) in [7, 11) is 0. The molecule has 0 saturated carbocycles.